The number of benzene rings is 1. The zero-order valence-corrected chi connectivity index (χ0v) is 19.6. The van der Waals surface area contributed by atoms with E-state index >= 15 is 0 Å². The van der Waals surface area contributed by atoms with E-state index in [-0.39, 0.29) is 29.9 Å². The van der Waals surface area contributed by atoms with E-state index in [1.807, 2.05) is 11.1 Å². The van der Waals surface area contributed by atoms with Crippen LogP contribution in [0.1, 0.15) is 95.5 Å². The molecule has 0 spiro atoms. The van der Waals surface area contributed by atoms with Gasteiger partial charge in [0, 0.05) is 17.4 Å². The van der Waals surface area contributed by atoms with Crippen LogP contribution in [0.15, 0.2) is 23.3 Å². The molecule has 1 amide bonds. The van der Waals surface area contributed by atoms with Crippen molar-refractivity contribution in [3.63, 3.8) is 0 Å². The summed E-state index contributed by atoms with van der Waals surface area (Å²) in [6.07, 6.45) is 16.5. The van der Waals surface area contributed by atoms with Gasteiger partial charge in [0.15, 0.2) is 11.5 Å². The van der Waals surface area contributed by atoms with E-state index in [0.29, 0.717) is 0 Å². The quantitative estimate of drug-likeness (QED) is 0.523. The molecule has 0 bridgehead atoms. The van der Waals surface area contributed by atoms with Crippen LogP contribution >= 0.6 is 0 Å². The summed E-state index contributed by atoms with van der Waals surface area (Å²) in [6, 6.07) is 6.52. The topological polar surface area (TPSA) is 51.1 Å². The zero-order valence-electron chi connectivity index (χ0n) is 19.6. The number of hydrogen-bond donors (Lipinski definition) is 0. The minimum absolute atomic E-state index is 0.0841. The van der Waals surface area contributed by atoms with Gasteiger partial charge in [0.25, 0.3) is 0 Å². The third-order valence-corrected chi connectivity index (χ3v) is 8.10. The Hall–Kier alpha value is -2.04. The molecular weight excluding hydrogens is 400 g/mol. The lowest BCUT2D eigenvalue weighted by atomic mass is 9.73. The zero-order chi connectivity index (χ0) is 21.9. The first-order chi connectivity index (χ1) is 15.7. The van der Waals surface area contributed by atoms with Gasteiger partial charge < -0.3 is 9.47 Å². The Balaban J connectivity index is 1.50. The van der Waals surface area contributed by atoms with Gasteiger partial charge in [0.1, 0.15) is 0 Å². The predicted molar refractivity (Wildman–Crippen MR) is 126 cm³/mol. The molecule has 1 aromatic carbocycles. The van der Waals surface area contributed by atoms with Crippen molar-refractivity contribution in [1.29, 1.82) is 0 Å². The molecule has 3 fully saturated rings. The van der Waals surface area contributed by atoms with Crippen molar-refractivity contribution in [2.75, 3.05) is 7.11 Å². The fourth-order valence-electron chi connectivity index (χ4n) is 6.31. The van der Waals surface area contributed by atoms with Crippen LogP contribution in [0, 0.1) is 11.8 Å². The third kappa shape index (κ3) is 4.40. The van der Waals surface area contributed by atoms with Gasteiger partial charge in [0.2, 0.25) is 5.91 Å². The molecule has 5 nitrogen and oxygen atoms in total. The van der Waals surface area contributed by atoms with E-state index in [2.05, 4.69) is 12.1 Å². The molecule has 0 N–H and O–H groups in total. The van der Waals surface area contributed by atoms with E-state index in [9.17, 15) is 4.79 Å². The number of ether oxygens (including phenoxy) is 2. The molecule has 3 saturated carbocycles. The lowest BCUT2D eigenvalue weighted by molar-refractivity contribution is -0.141. The molecular formula is C27H38N2O3. The van der Waals surface area contributed by atoms with Crippen LogP contribution in [0.2, 0.25) is 0 Å². The number of rotatable bonds is 5. The van der Waals surface area contributed by atoms with Crippen LogP contribution in [-0.4, -0.2) is 35.9 Å². The number of amides is 1. The number of fused-ring (bicyclic) bond motifs is 1. The van der Waals surface area contributed by atoms with Gasteiger partial charge in [0.05, 0.1) is 25.0 Å². The van der Waals surface area contributed by atoms with E-state index in [0.717, 1.165) is 67.7 Å². The monoisotopic (exact) mass is 438 g/mol. The summed E-state index contributed by atoms with van der Waals surface area (Å²) in [4.78, 5) is 13.5. The minimum Gasteiger partial charge on any atom is -0.493 e. The molecule has 4 aliphatic rings. The largest absolute Gasteiger partial charge is 0.493 e. The van der Waals surface area contributed by atoms with Crippen molar-refractivity contribution >= 4 is 11.6 Å². The molecule has 5 rings (SSSR count). The van der Waals surface area contributed by atoms with Crippen molar-refractivity contribution in [2.24, 2.45) is 16.9 Å². The molecule has 32 heavy (non-hydrogen) atoms. The smallest absolute Gasteiger partial charge is 0.246 e. The standard InChI is InChI=1S/C27H38N2O3/c1-31-24-17-16-19(18-25(24)32-21-12-6-7-13-21)26-22-14-8-9-15-23(22)27(30)29(28-26)20-10-4-2-3-5-11-20/h16-18,20-23H,2-15H2,1H3/t22-,23+/m0/s1. The normalized spacial score (nSPS) is 27.6. The summed E-state index contributed by atoms with van der Waals surface area (Å²) >= 11 is 0. The molecule has 1 heterocycles. The van der Waals surface area contributed by atoms with Gasteiger partial charge in [-0.25, -0.2) is 5.01 Å². The Kier molecular flexibility index (Phi) is 6.70. The van der Waals surface area contributed by atoms with Crippen LogP contribution in [0.4, 0.5) is 0 Å². The van der Waals surface area contributed by atoms with E-state index in [1.54, 1.807) is 7.11 Å². The van der Waals surface area contributed by atoms with Gasteiger partial charge in [-0.2, -0.15) is 5.10 Å². The first kappa shape index (κ1) is 21.8. The Bertz CT molecular complexity index is 837. The molecule has 0 saturated heterocycles. The number of methoxy groups -OCH3 is 1. The van der Waals surface area contributed by atoms with Gasteiger partial charge in [-0.15, -0.1) is 0 Å². The van der Waals surface area contributed by atoms with E-state index < -0.39 is 0 Å². The van der Waals surface area contributed by atoms with Crippen molar-refractivity contribution in [3.8, 4) is 11.5 Å². The Morgan fingerprint density at radius 1 is 0.812 bits per heavy atom. The minimum atomic E-state index is 0.0841. The van der Waals surface area contributed by atoms with Crippen molar-refractivity contribution in [3.05, 3.63) is 23.8 Å². The molecule has 1 aliphatic heterocycles. The Labute approximate surface area is 192 Å². The predicted octanol–water partition coefficient (Wildman–Crippen LogP) is 6.09. The molecule has 3 aliphatic carbocycles. The van der Waals surface area contributed by atoms with Gasteiger partial charge in [-0.05, 0) is 69.6 Å². The maximum Gasteiger partial charge on any atom is 0.246 e. The maximum atomic E-state index is 13.5. The SMILES string of the molecule is COc1ccc(C2=NN(C3CCCCCC3)C(=O)[C@@H]3CCCC[C@H]23)cc1OC1CCCC1. The van der Waals surface area contributed by atoms with Crippen LogP contribution in [0.5, 0.6) is 11.5 Å². The average molecular weight is 439 g/mol. The maximum absolute atomic E-state index is 13.5. The van der Waals surface area contributed by atoms with Gasteiger partial charge in [-0.1, -0.05) is 38.5 Å². The second-order valence-electron chi connectivity index (χ2n) is 10.2. The van der Waals surface area contributed by atoms with Crippen molar-refractivity contribution < 1.29 is 14.3 Å². The summed E-state index contributed by atoms with van der Waals surface area (Å²) in [6.45, 7) is 0. The summed E-state index contributed by atoms with van der Waals surface area (Å²) in [5.74, 6) is 2.20. The highest BCUT2D eigenvalue weighted by atomic mass is 16.5. The lowest BCUT2D eigenvalue weighted by Gasteiger charge is -2.41. The third-order valence-electron chi connectivity index (χ3n) is 8.10. The van der Waals surface area contributed by atoms with Crippen LogP contribution in [-0.2, 0) is 4.79 Å². The molecule has 0 unspecified atom stereocenters. The summed E-state index contributed by atoms with van der Waals surface area (Å²) in [5.41, 5.74) is 2.19. The number of carbonyl (C=O) groups is 1. The first-order valence-corrected chi connectivity index (χ1v) is 13.0. The lowest BCUT2D eigenvalue weighted by Crippen LogP contribution is -2.49. The molecule has 5 heteroatoms. The average Bonchev–Trinajstić information content (AvgIpc) is 3.19. The summed E-state index contributed by atoms with van der Waals surface area (Å²) < 4.78 is 12.0. The van der Waals surface area contributed by atoms with E-state index in [4.69, 9.17) is 14.6 Å². The summed E-state index contributed by atoms with van der Waals surface area (Å²) in [7, 11) is 1.71. The highest BCUT2D eigenvalue weighted by Gasteiger charge is 2.43. The number of hydrogen-bond acceptors (Lipinski definition) is 4. The van der Waals surface area contributed by atoms with Crippen LogP contribution in [0.3, 0.4) is 0 Å². The van der Waals surface area contributed by atoms with Crippen LogP contribution in [0.25, 0.3) is 0 Å². The molecule has 0 aromatic heterocycles. The van der Waals surface area contributed by atoms with E-state index in [1.165, 1.54) is 44.9 Å². The highest BCUT2D eigenvalue weighted by Crippen LogP contribution is 2.41. The molecule has 174 valence electrons. The number of carbonyl (C=O) groups excluding carboxylic acids is 1. The molecule has 2 atom stereocenters. The second kappa shape index (κ2) is 9.84. The molecule has 0 radical (unpaired) electrons. The Morgan fingerprint density at radius 3 is 2.19 bits per heavy atom. The highest BCUT2D eigenvalue weighted by molar-refractivity contribution is 6.07. The van der Waals surface area contributed by atoms with Gasteiger partial charge >= 0.3 is 0 Å². The summed E-state index contributed by atoms with van der Waals surface area (Å²) in [5, 5.41) is 7.03. The number of hydrazone groups is 1. The van der Waals surface area contributed by atoms with Crippen molar-refractivity contribution in [1.82, 2.24) is 5.01 Å². The fourth-order valence-corrected chi connectivity index (χ4v) is 6.31. The van der Waals surface area contributed by atoms with Crippen LogP contribution < -0.4 is 9.47 Å². The molecule has 1 aromatic rings. The van der Waals surface area contributed by atoms with Gasteiger partial charge in [-0.3, -0.25) is 4.79 Å². The van der Waals surface area contributed by atoms with Crippen molar-refractivity contribution in [2.45, 2.75) is 102 Å². The Morgan fingerprint density at radius 2 is 1.47 bits per heavy atom. The number of nitrogens with zero attached hydrogens (tertiary/aromatic N) is 2. The fraction of sp³-hybridized carbons (Fsp3) is 0.704. The first-order valence-electron chi connectivity index (χ1n) is 13.0. The second-order valence-corrected chi connectivity index (χ2v) is 10.2.